The minimum Gasteiger partial charge on any atom is -0.295 e. The van der Waals surface area contributed by atoms with Crippen LogP contribution in [0.1, 0.15) is 0 Å². The molecule has 7 aromatic carbocycles. The van der Waals surface area contributed by atoms with Crippen LogP contribution in [0, 0.1) is 0 Å². The van der Waals surface area contributed by atoms with Crippen molar-refractivity contribution in [3.05, 3.63) is 138 Å². The van der Waals surface area contributed by atoms with Crippen LogP contribution in [0.25, 0.3) is 71.3 Å². The molecule has 3 heteroatoms. The largest absolute Gasteiger partial charge is 0.333 e. The molecule has 184 valence electrons. The molecule has 0 saturated heterocycles. The normalized spacial score (nSPS) is 11.8. The standard InChI is InChI=1S/C36H24N2O/c1-37-32-10-2-3-11-33(32)38(36(37)39)29-18-14-23(15-19-29)27-8-5-9-28(22-27)30-20-16-26-13-12-24-6-4-7-25-17-21-31(30)35(26)34(24)25/h2-22H,1H3. The number of aryl methyl sites for hydroxylation is 1. The van der Waals surface area contributed by atoms with Crippen molar-refractivity contribution in [1.29, 1.82) is 0 Å². The van der Waals surface area contributed by atoms with Crippen molar-refractivity contribution in [2.45, 2.75) is 0 Å². The van der Waals surface area contributed by atoms with Gasteiger partial charge in [0, 0.05) is 7.05 Å². The average molecular weight is 501 g/mol. The summed E-state index contributed by atoms with van der Waals surface area (Å²) in [6.07, 6.45) is 0. The van der Waals surface area contributed by atoms with E-state index in [9.17, 15) is 4.79 Å². The SMILES string of the molecule is Cn1c(=O)n(-c2ccc(-c3cccc(-c4ccc5ccc6cccc7ccc4c5c67)c3)cc2)c2ccccc21. The lowest BCUT2D eigenvalue weighted by Gasteiger charge is -2.15. The number of para-hydroxylation sites is 2. The van der Waals surface area contributed by atoms with Gasteiger partial charge in [-0.1, -0.05) is 97.1 Å². The summed E-state index contributed by atoms with van der Waals surface area (Å²) >= 11 is 0. The van der Waals surface area contributed by atoms with E-state index >= 15 is 0 Å². The zero-order valence-corrected chi connectivity index (χ0v) is 21.4. The summed E-state index contributed by atoms with van der Waals surface area (Å²) in [6.45, 7) is 0. The number of aromatic nitrogens is 2. The number of hydrogen-bond donors (Lipinski definition) is 0. The number of imidazole rings is 1. The average Bonchev–Trinajstić information content (AvgIpc) is 3.25. The third-order valence-electron chi connectivity index (χ3n) is 8.12. The van der Waals surface area contributed by atoms with Crippen LogP contribution in [0.3, 0.4) is 0 Å². The molecule has 0 aliphatic rings. The lowest BCUT2D eigenvalue weighted by atomic mass is 9.89. The summed E-state index contributed by atoms with van der Waals surface area (Å²) in [7, 11) is 1.82. The van der Waals surface area contributed by atoms with E-state index in [1.807, 2.05) is 43.4 Å². The maximum Gasteiger partial charge on any atom is 0.333 e. The molecule has 0 aliphatic carbocycles. The van der Waals surface area contributed by atoms with Gasteiger partial charge >= 0.3 is 5.69 Å². The summed E-state index contributed by atoms with van der Waals surface area (Å²) in [5, 5.41) is 7.78. The van der Waals surface area contributed by atoms with E-state index < -0.39 is 0 Å². The molecule has 0 unspecified atom stereocenters. The third kappa shape index (κ3) is 3.20. The van der Waals surface area contributed by atoms with E-state index in [1.165, 1.54) is 43.4 Å². The molecule has 0 N–H and O–H groups in total. The van der Waals surface area contributed by atoms with E-state index in [0.29, 0.717) is 0 Å². The second-order valence-electron chi connectivity index (χ2n) is 10.3. The Morgan fingerprint density at radius 3 is 1.95 bits per heavy atom. The minimum atomic E-state index is -0.0417. The highest BCUT2D eigenvalue weighted by Crippen LogP contribution is 2.39. The Hall–Kier alpha value is -5.15. The molecule has 0 radical (unpaired) electrons. The van der Waals surface area contributed by atoms with Crippen molar-refractivity contribution in [3.8, 4) is 27.9 Å². The zero-order chi connectivity index (χ0) is 26.1. The summed E-state index contributed by atoms with van der Waals surface area (Å²) in [5.74, 6) is 0. The molecule has 0 saturated carbocycles. The van der Waals surface area contributed by atoms with E-state index in [1.54, 1.807) is 9.13 Å². The van der Waals surface area contributed by atoms with Crippen LogP contribution in [0.5, 0.6) is 0 Å². The van der Waals surface area contributed by atoms with Gasteiger partial charge in [-0.15, -0.1) is 0 Å². The molecule has 0 aliphatic heterocycles. The molecule has 1 heterocycles. The number of hydrogen-bond acceptors (Lipinski definition) is 1. The highest BCUT2D eigenvalue weighted by molar-refractivity contribution is 6.25. The fraction of sp³-hybridized carbons (Fsp3) is 0.0278. The third-order valence-corrected chi connectivity index (χ3v) is 8.12. The lowest BCUT2D eigenvalue weighted by molar-refractivity contribution is 0.846. The van der Waals surface area contributed by atoms with E-state index in [4.69, 9.17) is 0 Å². The van der Waals surface area contributed by atoms with Crippen LogP contribution in [-0.2, 0) is 7.05 Å². The predicted molar refractivity (Wildman–Crippen MR) is 163 cm³/mol. The number of benzene rings is 7. The van der Waals surface area contributed by atoms with Crippen molar-refractivity contribution in [1.82, 2.24) is 9.13 Å². The van der Waals surface area contributed by atoms with Crippen LogP contribution in [0.15, 0.2) is 132 Å². The highest BCUT2D eigenvalue weighted by Gasteiger charge is 2.14. The van der Waals surface area contributed by atoms with Gasteiger partial charge in [0.05, 0.1) is 16.7 Å². The molecule has 0 spiro atoms. The molecule has 8 aromatic rings. The Morgan fingerprint density at radius 1 is 0.513 bits per heavy atom. The zero-order valence-electron chi connectivity index (χ0n) is 21.4. The number of fused-ring (bicyclic) bond motifs is 1. The van der Waals surface area contributed by atoms with Crippen LogP contribution in [0.4, 0.5) is 0 Å². The van der Waals surface area contributed by atoms with Gasteiger partial charge in [-0.2, -0.15) is 0 Å². The number of nitrogens with zero attached hydrogens (tertiary/aromatic N) is 2. The van der Waals surface area contributed by atoms with Gasteiger partial charge in [-0.05, 0) is 84.9 Å². The van der Waals surface area contributed by atoms with Gasteiger partial charge in [-0.3, -0.25) is 9.13 Å². The van der Waals surface area contributed by atoms with Gasteiger partial charge in [0.25, 0.3) is 0 Å². The van der Waals surface area contributed by atoms with Crippen molar-refractivity contribution in [2.24, 2.45) is 7.05 Å². The Kier molecular flexibility index (Phi) is 4.59. The molecule has 39 heavy (non-hydrogen) atoms. The summed E-state index contributed by atoms with van der Waals surface area (Å²) in [5.41, 5.74) is 7.35. The van der Waals surface area contributed by atoms with Gasteiger partial charge in [0.2, 0.25) is 0 Å². The molecular weight excluding hydrogens is 476 g/mol. The number of rotatable bonds is 3. The Labute approximate surface area is 225 Å². The maximum atomic E-state index is 13.0. The first-order valence-electron chi connectivity index (χ1n) is 13.2. The predicted octanol–water partition coefficient (Wildman–Crippen LogP) is 8.56. The second kappa shape index (κ2) is 8.17. The molecule has 8 rings (SSSR count). The van der Waals surface area contributed by atoms with Gasteiger partial charge in [-0.25, -0.2) is 4.79 Å². The first kappa shape index (κ1) is 21.9. The summed E-state index contributed by atoms with van der Waals surface area (Å²) < 4.78 is 3.48. The summed E-state index contributed by atoms with van der Waals surface area (Å²) in [4.78, 5) is 13.0. The smallest absolute Gasteiger partial charge is 0.295 e. The van der Waals surface area contributed by atoms with E-state index in [-0.39, 0.29) is 5.69 Å². The van der Waals surface area contributed by atoms with E-state index in [0.717, 1.165) is 27.8 Å². The first-order chi connectivity index (χ1) is 19.2. The van der Waals surface area contributed by atoms with E-state index in [2.05, 4.69) is 91.0 Å². The van der Waals surface area contributed by atoms with Gasteiger partial charge in [0.15, 0.2) is 0 Å². The Balaban J connectivity index is 1.24. The van der Waals surface area contributed by atoms with Crippen LogP contribution in [-0.4, -0.2) is 9.13 Å². The van der Waals surface area contributed by atoms with Crippen molar-refractivity contribution >= 4 is 43.4 Å². The minimum absolute atomic E-state index is 0.0417. The Morgan fingerprint density at radius 2 is 1.15 bits per heavy atom. The first-order valence-corrected chi connectivity index (χ1v) is 13.2. The van der Waals surface area contributed by atoms with Gasteiger partial charge in [0.1, 0.15) is 0 Å². The lowest BCUT2D eigenvalue weighted by Crippen LogP contribution is -2.20. The van der Waals surface area contributed by atoms with Crippen molar-refractivity contribution in [3.63, 3.8) is 0 Å². The fourth-order valence-electron chi connectivity index (χ4n) is 6.20. The van der Waals surface area contributed by atoms with Crippen LogP contribution in [0.2, 0.25) is 0 Å². The van der Waals surface area contributed by atoms with Crippen molar-refractivity contribution in [2.75, 3.05) is 0 Å². The molecule has 1 aromatic heterocycles. The van der Waals surface area contributed by atoms with Crippen molar-refractivity contribution < 1.29 is 0 Å². The Bertz CT molecular complexity index is 2230. The molecule has 0 bridgehead atoms. The highest BCUT2D eigenvalue weighted by atomic mass is 16.1. The molecule has 0 atom stereocenters. The summed E-state index contributed by atoms with van der Waals surface area (Å²) in [6, 6.07) is 44.9. The second-order valence-corrected chi connectivity index (χ2v) is 10.3. The molecule has 3 nitrogen and oxygen atoms in total. The topological polar surface area (TPSA) is 26.9 Å². The quantitative estimate of drug-likeness (QED) is 0.223. The molecular formula is C36H24N2O. The van der Waals surface area contributed by atoms with Crippen LogP contribution < -0.4 is 5.69 Å². The maximum absolute atomic E-state index is 13.0. The molecule has 0 fully saturated rings. The monoisotopic (exact) mass is 500 g/mol. The fourth-order valence-corrected chi connectivity index (χ4v) is 6.20. The van der Waals surface area contributed by atoms with Crippen LogP contribution >= 0.6 is 0 Å². The van der Waals surface area contributed by atoms with Gasteiger partial charge < -0.3 is 0 Å². The molecule has 0 amide bonds.